The molecule has 1 aromatic heterocycles. The molecule has 2 unspecified atom stereocenters. The van der Waals surface area contributed by atoms with Gasteiger partial charge in [0.2, 0.25) is 0 Å². The number of nitrogens with two attached hydrogens (primary N) is 1. The van der Waals surface area contributed by atoms with Gasteiger partial charge in [-0.15, -0.1) is 0 Å². The van der Waals surface area contributed by atoms with E-state index in [4.69, 9.17) is 19.5 Å². The molecule has 2 heterocycles. The molecular formula is C13H23N3O10P2. The molecule has 0 bridgehead atoms. The minimum Gasteiger partial charge on any atom is -0.383 e. The molecule has 1 fully saturated rings. The summed E-state index contributed by atoms with van der Waals surface area (Å²) >= 11 is 0. The molecule has 2 rings (SSSR count). The van der Waals surface area contributed by atoms with Crippen molar-refractivity contribution >= 4 is 21.5 Å². The molecule has 5 atom stereocenters. The number of phosphoric acid groups is 2. The quantitative estimate of drug-likeness (QED) is 0.433. The van der Waals surface area contributed by atoms with Crippen LogP contribution < -0.4 is 11.4 Å². The van der Waals surface area contributed by atoms with E-state index in [1.807, 2.05) is 0 Å². The number of ether oxygens (including phenoxy) is 1. The minimum atomic E-state index is -4.42. The lowest BCUT2D eigenvalue weighted by Gasteiger charge is -2.21. The Kier molecular flexibility index (Phi) is 7.91. The molecule has 1 saturated heterocycles. The van der Waals surface area contributed by atoms with Gasteiger partial charge in [-0.1, -0.05) is 0 Å². The van der Waals surface area contributed by atoms with Gasteiger partial charge in [0, 0.05) is 12.6 Å². The summed E-state index contributed by atoms with van der Waals surface area (Å²) in [6.07, 6.45) is -1.81. The number of aromatic nitrogens is 2. The first kappa shape index (κ1) is 23.1. The highest BCUT2D eigenvalue weighted by Crippen LogP contribution is 2.49. The predicted octanol–water partition coefficient (Wildman–Crippen LogP) is 0.789. The summed E-state index contributed by atoms with van der Waals surface area (Å²) in [5.74, 6) is 0.0149. The summed E-state index contributed by atoms with van der Waals surface area (Å²) < 4.78 is 49.6. The van der Waals surface area contributed by atoms with E-state index >= 15 is 0 Å². The maximum atomic E-state index is 12.0. The predicted molar refractivity (Wildman–Crippen MR) is 95.2 cm³/mol. The van der Waals surface area contributed by atoms with Gasteiger partial charge in [0.25, 0.3) is 0 Å². The van der Waals surface area contributed by atoms with E-state index in [9.17, 15) is 23.7 Å². The number of anilines is 1. The summed E-state index contributed by atoms with van der Waals surface area (Å²) in [4.78, 5) is 34.9. The lowest BCUT2D eigenvalue weighted by atomic mass is 10.2. The summed E-state index contributed by atoms with van der Waals surface area (Å²) in [7, 11) is -8.75. The first-order valence-electron chi connectivity index (χ1n) is 8.34. The average Bonchev–Trinajstić information content (AvgIpc) is 2.94. The molecule has 1 aliphatic heterocycles. The summed E-state index contributed by atoms with van der Waals surface area (Å²) in [5.41, 5.74) is 4.75. The fourth-order valence-electron chi connectivity index (χ4n) is 2.51. The van der Waals surface area contributed by atoms with Gasteiger partial charge in [-0.05, 0) is 19.9 Å². The van der Waals surface area contributed by atoms with Crippen molar-refractivity contribution in [1.82, 2.24) is 9.55 Å². The van der Waals surface area contributed by atoms with E-state index in [0.29, 0.717) is 0 Å². The summed E-state index contributed by atoms with van der Waals surface area (Å²) in [6, 6.07) is 1.37. The van der Waals surface area contributed by atoms with E-state index in [2.05, 4.69) is 14.0 Å². The highest BCUT2D eigenvalue weighted by atomic mass is 31.2. The van der Waals surface area contributed by atoms with Gasteiger partial charge in [-0.25, -0.2) is 13.9 Å². The Hall–Kier alpha value is -1.14. The smallest absolute Gasteiger partial charge is 0.383 e. The first-order valence-corrected chi connectivity index (χ1v) is 11.3. The third-order valence-electron chi connectivity index (χ3n) is 3.60. The van der Waals surface area contributed by atoms with Crippen LogP contribution in [0.25, 0.3) is 0 Å². The number of hydrogen-bond donors (Lipinski definition) is 3. The summed E-state index contributed by atoms with van der Waals surface area (Å²) in [5, 5.41) is 0. The molecule has 1 aromatic rings. The van der Waals surface area contributed by atoms with Crippen LogP contribution in [0, 0.1) is 0 Å². The summed E-state index contributed by atoms with van der Waals surface area (Å²) in [6.45, 7) is 2.36. The zero-order valence-electron chi connectivity index (χ0n) is 15.2. The van der Waals surface area contributed by atoms with Gasteiger partial charge in [0.05, 0.1) is 19.8 Å². The van der Waals surface area contributed by atoms with Crippen LogP contribution in [0.1, 0.15) is 26.5 Å². The topological polar surface area (TPSA) is 182 Å². The first-order chi connectivity index (χ1) is 13.1. The van der Waals surface area contributed by atoms with Crippen LogP contribution in [-0.4, -0.2) is 51.4 Å². The monoisotopic (exact) mass is 443 g/mol. The normalized spacial score (nSPS) is 26.6. The van der Waals surface area contributed by atoms with E-state index < -0.39 is 46.4 Å². The average molecular weight is 443 g/mol. The minimum absolute atomic E-state index is 0.0149. The van der Waals surface area contributed by atoms with Crippen LogP contribution in [0.2, 0.25) is 0 Å². The second kappa shape index (κ2) is 9.57. The van der Waals surface area contributed by atoms with Crippen LogP contribution in [0.4, 0.5) is 5.82 Å². The second-order valence-corrected chi connectivity index (χ2v) is 8.48. The lowest BCUT2D eigenvalue weighted by molar-refractivity contribution is -0.0465. The maximum Gasteiger partial charge on any atom is 0.472 e. The van der Waals surface area contributed by atoms with E-state index in [0.717, 1.165) is 4.57 Å². The number of nitrogen functional groups attached to an aromatic ring is 1. The number of phosphoric ester groups is 2. The zero-order valence-corrected chi connectivity index (χ0v) is 17.0. The van der Waals surface area contributed by atoms with Gasteiger partial charge in [-0.2, -0.15) is 4.98 Å². The molecule has 0 radical (unpaired) electrons. The Bertz CT molecular complexity index is 818. The standard InChI is InChI=1S/C13H23N3O10P2/c1-3-22-27(18,19)24-8-10-9(26-28(20,21)23-4-2)7-12(25-10)16-6-5-11(14)15-13(16)17/h5-6,9-10,12H,3-4,7-8H2,1-2H3,(H,18,19)(H,20,21)(H2,14,15,17)/t9-,10+,12+/m0/s1. The van der Waals surface area contributed by atoms with Crippen LogP contribution >= 0.6 is 15.6 Å². The van der Waals surface area contributed by atoms with E-state index in [1.54, 1.807) is 0 Å². The molecule has 0 amide bonds. The Morgan fingerprint density at radius 3 is 2.50 bits per heavy atom. The SMILES string of the molecule is CCOP(=O)(O)OC[C@H]1O[C@@H](n2ccc(N)nc2=O)C[C@@H]1OP(=O)(O)OCC. The molecule has 13 nitrogen and oxygen atoms in total. The fourth-order valence-corrected chi connectivity index (χ4v) is 4.20. The highest BCUT2D eigenvalue weighted by Gasteiger charge is 2.43. The van der Waals surface area contributed by atoms with Crippen molar-refractivity contribution in [2.24, 2.45) is 0 Å². The Balaban J connectivity index is 2.19. The molecular weight excluding hydrogens is 420 g/mol. The Morgan fingerprint density at radius 1 is 1.25 bits per heavy atom. The van der Waals surface area contributed by atoms with Crippen LogP contribution in [0.5, 0.6) is 0 Å². The number of hydrogen-bond acceptors (Lipinski definition) is 10. The van der Waals surface area contributed by atoms with Gasteiger partial charge in [0.15, 0.2) is 0 Å². The van der Waals surface area contributed by atoms with Gasteiger partial charge in [0.1, 0.15) is 24.3 Å². The molecule has 160 valence electrons. The zero-order chi connectivity index (χ0) is 20.9. The maximum absolute atomic E-state index is 12.0. The van der Waals surface area contributed by atoms with Gasteiger partial charge >= 0.3 is 21.3 Å². The van der Waals surface area contributed by atoms with Crippen molar-refractivity contribution in [3.05, 3.63) is 22.7 Å². The molecule has 1 aliphatic rings. The molecule has 28 heavy (non-hydrogen) atoms. The largest absolute Gasteiger partial charge is 0.472 e. The van der Waals surface area contributed by atoms with Crippen molar-refractivity contribution in [2.45, 2.75) is 38.7 Å². The van der Waals surface area contributed by atoms with Crippen molar-refractivity contribution in [3.8, 4) is 0 Å². The van der Waals surface area contributed by atoms with E-state index in [1.165, 1.54) is 26.1 Å². The van der Waals surface area contributed by atoms with E-state index in [-0.39, 0.29) is 25.5 Å². The molecule has 4 N–H and O–H groups in total. The van der Waals surface area contributed by atoms with Crippen molar-refractivity contribution in [1.29, 1.82) is 0 Å². The lowest BCUT2D eigenvalue weighted by Crippen LogP contribution is -2.29. The Morgan fingerprint density at radius 2 is 1.89 bits per heavy atom. The van der Waals surface area contributed by atoms with Gasteiger partial charge < -0.3 is 20.3 Å². The molecule has 0 aliphatic carbocycles. The molecule has 15 heteroatoms. The molecule has 0 saturated carbocycles. The molecule has 0 spiro atoms. The van der Waals surface area contributed by atoms with Crippen molar-refractivity contribution in [2.75, 3.05) is 25.6 Å². The van der Waals surface area contributed by atoms with Crippen molar-refractivity contribution in [3.63, 3.8) is 0 Å². The van der Waals surface area contributed by atoms with Crippen LogP contribution in [-0.2, 0) is 32.0 Å². The van der Waals surface area contributed by atoms with Crippen LogP contribution in [0.3, 0.4) is 0 Å². The second-order valence-electron chi connectivity index (χ2n) is 5.62. The third-order valence-corrected chi connectivity index (χ3v) is 5.78. The number of rotatable bonds is 10. The number of nitrogens with zero attached hydrogens (tertiary/aromatic N) is 2. The Labute approximate surface area is 160 Å². The molecule has 0 aromatic carbocycles. The fraction of sp³-hybridized carbons (Fsp3) is 0.692. The highest BCUT2D eigenvalue weighted by molar-refractivity contribution is 7.47. The van der Waals surface area contributed by atoms with Crippen molar-refractivity contribution < 1.29 is 41.7 Å². The van der Waals surface area contributed by atoms with Crippen LogP contribution in [0.15, 0.2) is 17.1 Å². The third kappa shape index (κ3) is 6.45. The van der Waals surface area contributed by atoms with Gasteiger partial charge in [-0.3, -0.25) is 22.7 Å².